The molecule has 4 nitrogen and oxygen atoms in total. The number of nitrogens with one attached hydrogen (secondary N) is 1. The average molecular weight is 489 g/mol. The molecule has 0 spiro atoms. The molecule has 1 aliphatic heterocycles. The molecule has 1 saturated heterocycles. The Morgan fingerprint density at radius 2 is 2.03 bits per heavy atom. The van der Waals surface area contributed by atoms with Gasteiger partial charge in [-0.05, 0) is 75.3 Å². The molecule has 33 heavy (non-hydrogen) atoms. The molecule has 2 fully saturated rings. The van der Waals surface area contributed by atoms with E-state index in [1.807, 2.05) is 62.1 Å². The zero-order chi connectivity index (χ0) is 24.1. The fraction of sp³-hybridized carbons (Fsp3) is 0.481. The summed E-state index contributed by atoms with van der Waals surface area (Å²) >= 11 is 12.5. The molecule has 178 valence electrons. The third kappa shape index (κ3) is 6.97. The highest BCUT2D eigenvalue weighted by Crippen LogP contribution is 2.43. The first-order valence-electron chi connectivity index (χ1n) is 11.7. The number of likely N-dealkylation sites (tertiary alicyclic amines) is 1. The Labute approximate surface area is 207 Å². The number of allylic oxidation sites excluding steroid dienone is 3. The van der Waals surface area contributed by atoms with Gasteiger partial charge in [0.1, 0.15) is 0 Å². The van der Waals surface area contributed by atoms with Gasteiger partial charge in [0.15, 0.2) is 0 Å². The number of piperidine rings is 1. The summed E-state index contributed by atoms with van der Waals surface area (Å²) in [5, 5.41) is 4.21. The molecule has 3 atom stereocenters. The molecule has 1 aromatic rings. The van der Waals surface area contributed by atoms with Crippen LogP contribution in [0.4, 0.5) is 0 Å². The SMILES string of the molecule is C=C(/C=C\C(Cl)=C/C)[C@@H]1[C@@H](c2cccc(Cl)c2)C[C@H](CC(=O)NC(C)C)C(=O)N1CC1CC1. The molecule has 2 aliphatic rings. The van der Waals surface area contributed by atoms with Crippen LogP contribution in [0.3, 0.4) is 0 Å². The van der Waals surface area contributed by atoms with Gasteiger partial charge in [0.2, 0.25) is 11.8 Å². The van der Waals surface area contributed by atoms with Gasteiger partial charge in [-0.3, -0.25) is 9.59 Å². The number of hydrogen-bond donors (Lipinski definition) is 1. The molecule has 2 amide bonds. The van der Waals surface area contributed by atoms with Gasteiger partial charge < -0.3 is 10.2 Å². The highest BCUT2D eigenvalue weighted by molar-refractivity contribution is 6.31. The zero-order valence-corrected chi connectivity index (χ0v) is 21.2. The van der Waals surface area contributed by atoms with Crippen LogP contribution in [-0.2, 0) is 9.59 Å². The average Bonchev–Trinajstić information content (AvgIpc) is 3.58. The van der Waals surface area contributed by atoms with Crippen LogP contribution in [-0.4, -0.2) is 35.3 Å². The van der Waals surface area contributed by atoms with Crippen molar-refractivity contribution >= 4 is 35.0 Å². The zero-order valence-electron chi connectivity index (χ0n) is 19.7. The van der Waals surface area contributed by atoms with E-state index in [4.69, 9.17) is 23.2 Å². The second kappa shape index (κ2) is 11.4. The molecule has 1 heterocycles. The second-order valence-corrected chi connectivity index (χ2v) is 10.4. The van der Waals surface area contributed by atoms with Gasteiger partial charge in [-0.1, -0.05) is 54.1 Å². The largest absolute Gasteiger partial charge is 0.354 e. The number of carbonyl (C=O) groups is 2. The lowest BCUT2D eigenvalue weighted by molar-refractivity contribution is -0.144. The molecular weight excluding hydrogens is 455 g/mol. The predicted octanol–water partition coefficient (Wildman–Crippen LogP) is 6.22. The summed E-state index contributed by atoms with van der Waals surface area (Å²) in [6.07, 6.45) is 8.56. The van der Waals surface area contributed by atoms with Gasteiger partial charge in [-0.25, -0.2) is 0 Å². The Morgan fingerprint density at radius 1 is 1.30 bits per heavy atom. The molecule has 0 radical (unpaired) electrons. The molecule has 1 aliphatic carbocycles. The number of carbonyl (C=O) groups excluding carboxylic acids is 2. The topological polar surface area (TPSA) is 49.4 Å². The van der Waals surface area contributed by atoms with E-state index in [9.17, 15) is 9.59 Å². The number of amides is 2. The van der Waals surface area contributed by atoms with Crippen molar-refractivity contribution in [2.75, 3.05) is 6.54 Å². The molecule has 0 unspecified atom stereocenters. The van der Waals surface area contributed by atoms with Gasteiger partial charge in [0, 0.05) is 40.9 Å². The highest BCUT2D eigenvalue weighted by Gasteiger charge is 2.45. The Hall–Kier alpha value is -2.04. The van der Waals surface area contributed by atoms with E-state index in [0.717, 1.165) is 24.0 Å². The second-order valence-electron chi connectivity index (χ2n) is 9.48. The Balaban J connectivity index is 1.98. The van der Waals surface area contributed by atoms with Crippen molar-refractivity contribution < 1.29 is 9.59 Å². The molecule has 1 aromatic carbocycles. The fourth-order valence-electron chi connectivity index (χ4n) is 4.58. The molecule has 1 saturated carbocycles. The minimum Gasteiger partial charge on any atom is -0.354 e. The van der Waals surface area contributed by atoms with Crippen molar-refractivity contribution in [1.82, 2.24) is 10.2 Å². The summed E-state index contributed by atoms with van der Waals surface area (Å²) in [5.74, 6) is 0.0696. The lowest BCUT2D eigenvalue weighted by atomic mass is 9.74. The van der Waals surface area contributed by atoms with Crippen molar-refractivity contribution in [2.24, 2.45) is 11.8 Å². The summed E-state index contributed by atoms with van der Waals surface area (Å²) < 4.78 is 0. The molecule has 0 bridgehead atoms. The lowest BCUT2D eigenvalue weighted by Gasteiger charge is -2.45. The monoisotopic (exact) mass is 488 g/mol. The number of halogens is 2. The quantitative estimate of drug-likeness (QED) is 0.419. The van der Waals surface area contributed by atoms with Crippen LogP contribution in [0.15, 0.2) is 59.7 Å². The van der Waals surface area contributed by atoms with Crippen LogP contribution in [0.2, 0.25) is 5.02 Å². The number of rotatable bonds is 9. The molecule has 3 rings (SSSR count). The van der Waals surface area contributed by atoms with Crippen molar-refractivity contribution in [3.05, 3.63) is 70.3 Å². The van der Waals surface area contributed by atoms with Crippen LogP contribution < -0.4 is 5.32 Å². The van der Waals surface area contributed by atoms with Gasteiger partial charge in [0.05, 0.1) is 6.04 Å². The number of nitrogens with zero attached hydrogens (tertiary/aromatic N) is 1. The Morgan fingerprint density at radius 3 is 2.64 bits per heavy atom. The molecule has 1 N–H and O–H groups in total. The maximum Gasteiger partial charge on any atom is 0.226 e. The maximum absolute atomic E-state index is 13.7. The smallest absolute Gasteiger partial charge is 0.226 e. The summed E-state index contributed by atoms with van der Waals surface area (Å²) in [5.41, 5.74) is 1.89. The van der Waals surface area contributed by atoms with E-state index in [-0.39, 0.29) is 42.2 Å². The van der Waals surface area contributed by atoms with Gasteiger partial charge in [-0.2, -0.15) is 0 Å². The normalized spacial score (nSPS) is 23.9. The van der Waals surface area contributed by atoms with E-state index in [0.29, 0.717) is 28.9 Å². The summed E-state index contributed by atoms with van der Waals surface area (Å²) in [7, 11) is 0. The summed E-state index contributed by atoms with van der Waals surface area (Å²) in [4.78, 5) is 28.2. The minimum absolute atomic E-state index is 0.0152. The fourth-order valence-corrected chi connectivity index (χ4v) is 4.84. The standard InChI is InChI=1S/C27H34Cl2N2O2/c1-5-22(28)12-9-18(4)26-24(20-7-6-8-23(29)13-20)14-21(15-25(32)30-17(2)3)27(33)31(26)16-19-10-11-19/h5-9,12-13,17,19,21,24,26H,4,10-11,14-16H2,1-3H3,(H,30,32)/b12-9-,22-5+/t21-,24-,26-/m1/s1. The van der Waals surface area contributed by atoms with E-state index >= 15 is 0 Å². The third-order valence-electron chi connectivity index (χ3n) is 6.31. The Bertz CT molecular complexity index is 949. The van der Waals surface area contributed by atoms with Crippen molar-refractivity contribution in [2.45, 2.75) is 64.5 Å². The summed E-state index contributed by atoms with van der Waals surface area (Å²) in [6.45, 7) is 10.8. The first-order valence-corrected chi connectivity index (χ1v) is 12.5. The van der Waals surface area contributed by atoms with Crippen molar-refractivity contribution in [3.8, 4) is 0 Å². The number of benzene rings is 1. The number of hydrogen-bond acceptors (Lipinski definition) is 2. The maximum atomic E-state index is 13.7. The molecule has 6 heteroatoms. The lowest BCUT2D eigenvalue weighted by Crippen LogP contribution is -2.53. The predicted molar refractivity (Wildman–Crippen MR) is 136 cm³/mol. The van der Waals surface area contributed by atoms with Crippen LogP contribution in [0.5, 0.6) is 0 Å². The van der Waals surface area contributed by atoms with Crippen molar-refractivity contribution in [3.63, 3.8) is 0 Å². The van der Waals surface area contributed by atoms with Gasteiger partial charge in [0.25, 0.3) is 0 Å². The third-order valence-corrected chi connectivity index (χ3v) is 6.89. The first-order chi connectivity index (χ1) is 15.7. The van der Waals surface area contributed by atoms with Crippen LogP contribution in [0.25, 0.3) is 0 Å². The van der Waals surface area contributed by atoms with Crippen molar-refractivity contribution in [1.29, 1.82) is 0 Å². The van der Waals surface area contributed by atoms with Gasteiger partial charge >= 0.3 is 0 Å². The van der Waals surface area contributed by atoms with Crippen LogP contribution in [0, 0.1) is 11.8 Å². The van der Waals surface area contributed by atoms with E-state index < -0.39 is 0 Å². The van der Waals surface area contributed by atoms with Gasteiger partial charge in [-0.15, -0.1) is 0 Å². The summed E-state index contributed by atoms with van der Waals surface area (Å²) in [6, 6.07) is 7.63. The van der Waals surface area contributed by atoms with E-state index in [1.54, 1.807) is 0 Å². The first kappa shape index (κ1) is 25.6. The highest BCUT2D eigenvalue weighted by atomic mass is 35.5. The Kier molecular flexibility index (Phi) is 8.83. The molecule has 0 aromatic heterocycles. The van der Waals surface area contributed by atoms with E-state index in [1.165, 1.54) is 0 Å². The van der Waals surface area contributed by atoms with Crippen LogP contribution >= 0.6 is 23.2 Å². The molecular formula is C27H34Cl2N2O2. The minimum atomic E-state index is -0.376. The van der Waals surface area contributed by atoms with Crippen LogP contribution in [0.1, 0.15) is 57.9 Å². The van der Waals surface area contributed by atoms with E-state index in [2.05, 4.69) is 18.0 Å².